The van der Waals surface area contributed by atoms with Crippen molar-refractivity contribution in [2.24, 2.45) is 11.7 Å². The van der Waals surface area contributed by atoms with Crippen LogP contribution >= 0.6 is 0 Å². The Kier molecular flexibility index (Phi) is 1.85. The standard InChI is InChI=1S/C10H14N2/c1-7-6-12-5-4-9(7)10(11)8-2-3-8/h4-6,8,10H,2-3,11H2,1H3/t10-/m1/s1. The van der Waals surface area contributed by atoms with E-state index in [0.717, 1.165) is 5.92 Å². The number of aromatic nitrogens is 1. The van der Waals surface area contributed by atoms with Gasteiger partial charge in [-0.15, -0.1) is 0 Å². The van der Waals surface area contributed by atoms with Crippen LogP contribution in [0.3, 0.4) is 0 Å². The molecule has 1 aliphatic rings. The van der Waals surface area contributed by atoms with Crippen LogP contribution in [0, 0.1) is 12.8 Å². The number of nitrogens with zero attached hydrogens (tertiary/aromatic N) is 1. The molecule has 1 fully saturated rings. The Hall–Kier alpha value is -0.890. The molecule has 0 aromatic carbocycles. The Labute approximate surface area is 72.8 Å². The zero-order valence-electron chi connectivity index (χ0n) is 7.33. The molecule has 0 saturated heterocycles. The summed E-state index contributed by atoms with van der Waals surface area (Å²) in [7, 11) is 0. The van der Waals surface area contributed by atoms with Gasteiger partial charge in [-0.05, 0) is 42.9 Å². The van der Waals surface area contributed by atoms with Crippen molar-refractivity contribution in [2.75, 3.05) is 0 Å². The molecule has 2 nitrogen and oxygen atoms in total. The SMILES string of the molecule is Cc1cnccc1[C@H](N)C1CC1. The molecule has 64 valence electrons. The molecule has 0 radical (unpaired) electrons. The maximum absolute atomic E-state index is 6.07. The lowest BCUT2D eigenvalue weighted by molar-refractivity contribution is 0.628. The van der Waals surface area contributed by atoms with E-state index < -0.39 is 0 Å². The summed E-state index contributed by atoms with van der Waals surface area (Å²) in [6, 6.07) is 2.28. The molecule has 2 heteroatoms. The highest BCUT2D eigenvalue weighted by molar-refractivity contribution is 5.26. The first-order valence-corrected chi connectivity index (χ1v) is 4.45. The van der Waals surface area contributed by atoms with E-state index in [4.69, 9.17) is 5.73 Å². The fourth-order valence-corrected chi connectivity index (χ4v) is 1.57. The van der Waals surface area contributed by atoms with Crippen LogP contribution in [0.5, 0.6) is 0 Å². The number of hydrogen-bond acceptors (Lipinski definition) is 2. The van der Waals surface area contributed by atoms with Crippen molar-refractivity contribution >= 4 is 0 Å². The van der Waals surface area contributed by atoms with Crippen molar-refractivity contribution in [3.8, 4) is 0 Å². The molecule has 2 N–H and O–H groups in total. The second-order valence-corrected chi connectivity index (χ2v) is 3.60. The summed E-state index contributed by atoms with van der Waals surface area (Å²) in [5, 5.41) is 0. The van der Waals surface area contributed by atoms with Gasteiger partial charge in [0.1, 0.15) is 0 Å². The first kappa shape index (κ1) is 7.74. The maximum Gasteiger partial charge on any atom is 0.0327 e. The summed E-state index contributed by atoms with van der Waals surface area (Å²) in [5.74, 6) is 0.728. The summed E-state index contributed by atoms with van der Waals surface area (Å²) in [6.07, 6.45) is 6.30. The van der Waals surface area contributed by atoms with Gasteiger partial charge in [-0.3, -0.25) is 4.98 Å². The van der Waals surface area contributed by atoms with Gasteiger partial charge in [0.25, 0.3) is 0 Å². The van der Waals surface area contributed by atoms with Gasteiger partial charge >= 0.3 is 0 Å². The van der Waals surface area contributed by atoms with E-state index >= 15 is 0 Å². The summed E-state index contributed by atoms with van der Waals surface area (Å²) >= 11 is 0. The lowest BCUT2D eigenvalue weighted by Gasteiger charge is -2.12. The van der Waals surface area contributed by atoms with Gasteiger partial charge in [0.05, 0.1) is 0 Å². The Balaban J connectivity index is 2.25. The number of nitrogens with two attached hydrogens (primary N) is 1. The largest absolute Gasteiger partial charge is 0.324 e. The van der Waals surface area contributed by atoms with Crippen LogP contribution in [0.15, 0.2) is 18.5 Å². The summed E-state index contributed by atoms with van der Waals surface area (Å²) < 4.78 is 0. The third-order valence-electron chi connectivity index (χ3n) is 2.55. The zero-order chi connectivity index (χ0) is 8.55. The molecule has 0 spiro atoms. The van der Waals surface area contributed by atoms with Crippen molar-refractivity contribution in [3.63, 3.8) is 0 Å². The van der Waals surface area contributed by atoms with E-state index in [1.807, 2.05) is 18.5 Å². The maximum atomic E-state index is 6.07. The number of pyridine rings is 1. The molecule has 12 heavy (non-hydrogen) atoms. The average Bonchev–Trinajstić information content (AvgIpc) is 2.86. The van der Waals surface area contributed by atoms with Crippen LogP contribution in [0.4, 0.5) is 0 Å². The van der Waals surface area contributed by atoms with Gasteiger partial charge < -0.3 is 5.73 Å². The summed E-state index contributed by atoms with van der Waals surface area (Å²) in [5.41, 5.74) is 8.56. The van der Waals surface area contributed by atoms with Crippen LogP contribution in [0.1, 0.15) is 30.0 Å². The van der Waals surface area contributed by atoms with Gasteiger partial charge in [-0.1, -0.05) is 0 Å². The Bertz CT molecular complexity index is 279. The van der Waals surface area contributed by atoms with E-state index in [0.29, 0.717) is 0 Å². The summed E-state index contributed by atoms with van der Waals surface area (Å²) in [4.78, 5) is 4.05. The van der Waals surface area contributed by atoms with Crippen molar-refractivity contribution in [1.29, 1.82) is 0 Å². The van der Waals surface area contributed by atoms with Crippen molar-refractivity contribution in [1.82, 2.24) is 4.98 Å². The van der Waals surface area contributed by atoms with E-state index in [1.165, 1.54) is 24.0 Å². The minimum atomic E-state index is 0.244. The zero-order valence-corrected chi connectivity index (χ0v) is 7.33. The first-order chi connectivity index (χ1) is 5.79. The van der Waals surface area contributed by atoms with Crippen LogP contribution < -0.4 is 5.73 Å². The molecule has 1 atom stereocenters. The van der Waals surface area contributed by atoms with E-state index in [-0.39, 0.29) is 6.04 Å². The van der Waals surface area contributed by atoms with Gasteiger partial charge in [-0.25, -0.2) is 0 Å². The smallest absolute Gasteiger partial charge is 0.0327 e. The van der Waals surface area contributed by atoms with Crippen molar-refractivity contribution in [2.45, 2.75) is 25.8 Å². The molecule has 2 rings (SSSR count). The second-order valence-electron chi connectivity index (χ2n) is 3.60. The van der Waals surface area contributed by atoms with Crippen LogP contribution in [0.25, 0.3) is 0 Å². The molecule has 0 unspecified atom stereocenters. The van der Waals surface area contributed by atoms with Gasteiger partial charge in [0.15, 0.2) is 0 Å². The predicted molar refractivity (Wildman–Crippen MR) is 48.6 cm³/mol. The lowest BCUT2D eigenvalue weighted by atomic mass is 10.0. The van der Waals surface area contributed by atoms with Crippen LogP contribution in [0.2, 0.25) is 0 Å². The van der Waals surface area contributed by atoms with E-state index in [1.54, 1.807) is 0 Å². The Morgan fingerprint density at radius 3 is 2.92 bits per heavy atom. The normalized spacial score (nSPS) is 19.2. The molecule has 1 aromatic rings. The van der Waals surface area contributed by atoms with Gasteiger partial charge in [-0.2, -0.15) is 0 Å². The minimum Gasteiger partial charge on any atom is -0.324 e. The molecule has 1 saturated carbocycles. The second kappa shape index (κ2) is 2.87. The highest BCUT2D eigenvalue weighted by Crippen LogP contribution is 2.39. The summed E-state index contributed by atoms with van der Waals surface area (Å²) in [6.45, 7) is 2.07. The Morgan fingerprint density at radius 2 is 2.33 bits per heavy atom. The molecule has 0 amide bonds. The highest BCUT2D eigenvalue weighted by Gasteiger charge is 2.29. The molecule has 1 aliphatic carbocycles. The Morgan fingerprint density at radius 1 is 1.58 bits per heavy atom. The molecule has 0 bridgehead atoms. The van der Waals surface area contributed by atoms with Crippen molar-refractivity contribution in [3.05, 3.63) is 29.6 Å². The fraction of sp³-hybridized carbons (Fsp3) is 0.500. The topological polar surface area (TPSA) is 38.9 Å². The van der Waals surface area contributed by atoms with Crippen LogP contribution in [-0.4, -0.2) is 4.98 Å². The third-order valence-corrected chi connectivity index (χ3v) is 2.55. The van der Waals surface area contributed by atoms with Gasteiger partial charge in [0.2, 0.25) is 0 Å². The molecule has 0 aliphatic heterocycles. The molecular formula is C10H14N2. The fourth-order valence-electron chi connectivity index (χ4n) is 1.57. The van der Waals surface area contributed by atoms with E-state index in [2.05, 4.69) is 11.9 Å². The first-order valence-electron chi connectivity index (χ1n) is 4.45. The van der Waals surface area contributed by atoms with Gasteiger partial charge in [0, 0.05) is 18.4 Å². The van der Waals surface area contributed by atoms with Crippen molar-refractivity contribution < 1.29 is 0 Å². The molecule has 1 aromatic heterocycles. The quantitative estimate of drug-likeness (QED) is 0.720. The number of rotatable bonds is 2. The third kappa shape index (κ3) is 1.34. The van der Waals surface area contributed by atoms with E-state index in [9.17, 15) is 0 Å². The molecule has 1 heterocycles. The number of hydrogen-bond donors (Lipinski definition) is 1. The predicted octanol–water partition coefficient (Wildman–Crippen LogP) is 1.80. The highest BCUT2D eigenvalue weighted by atomic mass is 14.7. The minimum absolute atomic E-state index is 0.244. The monoisotopic (exact) mass is 162 g/mol. The average molecular weight is 162 g/mol. The van der Waals surface area contributed by atoms with Crippen LogP contribution in [-0.2, 0) is 0 Å². The molecular weight excluding hydrogens is 148 g/mol. The lowest BCUT2D eigenvalue weighted by Crippen LogP contribution is -2.13. The number of aryl methyl sites for hydroxylation is 1.